The topological polar surface area (TPSA) is 96.5 Å². The van der Waals surface area contributed by atoms with Gasteiger partial charge in [-0.05, 0) is 38.0 Å². The summed E-state index contributed by atoms with van der Waals surface area (Å²) in [7, 11) is -0.870. The maximum absolute atomic E-state index is 13.0. The Kier molecular flexibility index (Phi) is 6.99. The minimum absolute atomic E-state index is 0.00465. The van der Waals surface area contributed by atoms with Gasteiger partial charge in [-0.1, -0.05) is 0 Å². The minimum Gasteiger partial charge on any atom is -0.449 e. The lowest BCUT2D eigenvalue weighted by atomic mass is 10.1. The van der Waals surface area contributed by atoms with Gasteiger partial charge in [0.05, 0.1) is 29.4 Å². The predicted molar refractivity (Wildman–Crippen MR) is 111 cm³/mol. The van der Waals surface area contributed by atoms with Crippen LogP contribution in [0.3, 0.4) is 0 Å². The van der Waals surface area contributed by atoms with Crippen LogP contribution in [0, 0.1) is 0 Å². The molecule has 2 aliphatic rings. The number of nitrogens with zero attached hydrogens (tertiary/aromatic N) is 3. The Bertz CT molecular complexity index is 890. The van der Waals surface area contributed by atoms with Crippen LogP contribution in [-0.4, -0.2) is 89.1 Å². The predicted octanol–water partition coefficient (Wildman–Crippen LogP) is 0.941. The fourth-order valence-electron chi connectivity index (χ4n) is 3.60. The number of carbonyl (C=O) groups excluding carboxylic acids is 2. The van der Waals surface area contributed by atoms with Crippen LogP contribution in [0.25, 0.3) is 0 Å². The van der Waals surface area contributed by atoms with Crippen molar-refractivity contribution in [1.29, 1.82) is 0 Å². The molecule has 166 valence electrons. The smallest absolute Gasteiger partial charge is 0.341 e. The van der Waals surface area contributed by atoms with Gasteiger partial charge in [-0.15, -0.1) is 0 Å². The van der Waals surface area contributed by atoms with Crippen LogP contribution in [0.15, 0.2) is 23.1 Å². The number of benzene rings is 1. The number of hydrogen-bond acceptors (Lipinski definition) is 7. The lowest BCUT2D eigenvalue weighted by Crippen LogP contribution is -2.39. The first-order valence-electron chi connectivity index (χ1n) is 10.1. The second kappa shape index (κ2) is 9.32. The number of hydrogen-bond donors (Lipinski definition) is 0. The lowest BCUT2D eigenvalue weighted by Gasteiger charge is -2.30. The highest BCUT2D eigenvalue weighted by Crippen LogP contribution is 2.27. The third-order valence-corrected chi connectivity index (χ3v) is 7.18. The summed E-state index contributed by atoms with van der Waals surface area (Å²) in [6.45, 7) is 5.04. The number of anilines is 1. The lowest BCUT2D eigenvalue weighted by molar-refractivity contribution is -0.138. The molecule has 30 heavy (non-hydrogen) atoms. The molecular formula is C20H29N3O6S. The molecule has 3 rings (SSSR count). The second-order valence-corrected chi connectivity index (χ2v) is 9.80. The average molecular weight is 440 g/mol. The monoisotopic (exact) mass is 439 g/mol. The van der Waals surface area contributed by atoms with E-state index in [4.69, 9.17) is 9.47 Å². The van der Waals surface area contributed by atoms with Crippen molar-refractivity contribution in [3.05, 3.63) is 23.8 Å². The molecule has 0 saturated carbocycles. The Morgan fingerprint density at radius 1 is 1.10 bits per heavy atom. The maximum Gasteiger partial charge on any atom is 0.341 e. The number of carbonyl (C=O) groups is 2. The van der Waals surface area contributed by atoms with Crippen molar-refractivity contribution < 1.29 is 27.5 Å². The van der Waals surface area contributed by atoms with Crippen molar-refractivity contribution in [3.8, 4) is 0 Å². The molecule has 2 fully saturated rings. The quantitative estimate of drug-likeness (QED) is 0.609. The van der Waals surface area contributed by atoms with Gasteiger partial charge >= 0.3 is 5.97 Å². The molecule has 0 aromatic heterocycles. The van der Waals surface area contributed by atoms with Crippen LogP contribution in [0.4, 0.5) is 5.69 Å². The molecule has 1 atom stereocenters. The molecule has 2 heterocycles. The molecule has 9 nitrogen and oxygen atoms in total. The average Bonchev–Trinajstić information content (AvgIpc) is 3.28. The fraction of sp³-hybridized carbons (Fsp3) is 0.600. The van der Waals surface area contributed by atoms with Crippen LogP contribution >= 0.6 is 0 Å². The van der Waals surface area contributed by atoms with Gasteiger partial charge < -0.3 is 19.3 Å². The largest absolute Gasteiger partial charge is 0.449 e. The molecule has 0 unspecified atom stereocenters. The van der Waals surface area contributed by atoms with Gasteiger partial charge in [-0.3, -0.25) is 4.79 Å². The van der Waals surface area contributed by atoms with E-state index < -0.39 is 22.1 Å². The summed E-state index contributed by atoms with van der Waals surface area (Å²) >= 11 is 0. The highest BCUT2D eigenvalue weighted by atomic mass is 32.2. The first-order chi connectivity index (χ1) is 14.2. The van der Waals surface area contributed by atoms with E-state index in [0.717, 1.165) is 17.1 Å². The molecule has 2 saturated heterocycles. The number of amides is 1. The molecule has 1 aromatic carbocycles. The third kappa shape index (κ3) is 4.76. The van der Waals surface area contributed by atoms with Crippen LogP contribution in [0.5, 0.6) is 0 Å². The van der Waals surface area contributed by atoms with Crippen LogP contribution in [0.2, 0.25) is 0 Å². The van der Waals surface area contributed by atoms with Crippen LogP contribution < -0.4 is 4.90 Å². The van der Waals surface area contributed by atoms with Gasteiger partial charge in [-0.25, -0.2) is 17.5 Å². The highest BCUT2D eigenvalue weighted by molar-refractivity contribution is 7.89. The second-order valence-electron chi connectivity index (χ2n) is 7.65. The molecule has 2 aliphatic heterocycles. The Morgan fingerprint density at radius 2 is 1.73 bits per heavy atom. The normalized spacial score (nSPS) is 18.5. The van der Waals surface area contributed by atoms with Crippen LogP contribution in [-0.2, 0) is 24.3 Å². The van der Waals surface area contributed by atoms with E-state index in [1.165, 1.54) is 26.2 Å². The van der Waals surface area contributed by atoms with E-state index in [9.17, 15) is 18.0 Å². The van der Waals surface area contributed by atoms with E-state index in [1.807, 2.05) is 4.90 Å². The van der Waals surface area contributed by atoms with Crippen molar-refractivity contribution in [2.24, 2.45) is 0 Å². The van der Waals surface area contributed by atoms with E-state index in [-0.39, 0.29) is 16.4 Å². The molecule has 1 amide bonds. The molecule has 0 radical (unpaired) electrons. The van der Waals surface area contributed by atoms with Gasteiger partial charge in [0.1, 0.15) is 0 Å². The molecule has 1 aromatic rings. The SMILES string of the molecule is C[C@@H](OC(=O)c1cc(S(=O)(=O)N(C)C)ccc1N1CCOCC1)C(=O)N1CCCC1. The molecule has 10 heteroatoms. The van der Waals surface area contributed by atoms with Gasteiger partial charge in [0, 0.05) is 40.3 Å². The summed E-state index contributed by atoms with van der Waals surface area (Å²) in [4.78, 5) is 29.2. The van der Waals surface area contributed by atoms with Crippen molar-refractivity contribution in [2.45, 2.75) is 30.8 Å². The van der Waals surface area contributed by atoms with E-state index in [1.54, 1.807) is 17.9 Å². The molecule has 0 spiro atoms. The number of ether oxygens (including phenoxy) is 2. The standard InChI is InChI=1S/C20H29N3O6S/c1-15(19(24)23-8-4-5-9-23)29-20(25)17-14-16(30(26,27)21(2)3)6-7-18(17)22-10-12-28-13-11-22/h6-7,14-15H,4-5,8-13H2,1-3H3/t15-/m1/s1. The molecular weight excluding hydrogens is 410 g/mol. The number of morpholine rings is 1. The van der Waals surface area contributed by atoms with Crippen molar-refractivity contribution >= 4 is 27.6 Å². The van der Waals surface area contributed by atoms with E-state index in [0.29, 0.717) is 45.1 Å². The molecule has 0 aliphatic carbocycles. The number of rotatable bonds is 6. The summed E-state index contributed by atoms with van der Waals surface area (Å²) in [5.41, 5.74) is 0.697. The number of likely N-dealkylation sites (tertiary alicyclic amines) is 1. The zero-order valence-corrected chi connectivity index (χ0v) is 18.5. The number of esters is 1. The molecule has 0 bridgehead atoms. The van der Waals surface area contributed by atoms with E-state index in [2.05, 4.69) is 0 Å². The van der Waals surface area contributed by atoms with Crippen molar-refractivity contribution in [1.82, 2.24) is 9.21 Å². The first-order valence-corrected chi connectivity index (χ1v) is 11.5. The van der Waals surface area contributed by atoms with Crippen molar-refractivity contribution in [3.63, 3.8) is 0 Å². The fourth-order valence-corrected chi connectivity index (χ4v) is 4.53. The van der Waals surface area contributed by atoms with Gasteiger partial charge in [0.15, 0.2) is 6.10 Å². The summed E-state index contributed by atoms with van der Waals surface area (Å²) in [6.07, 6.45) is 0.943. The van der Waals surface area contributed by atoms with Gasteiger partial charge in [-0.2, -0.15) is 0 Å². The van der Waals surface area contributed by atoms with Crippen molar-refractivity contribution in [2.75, 3.05) is 58.4 Å². The summed E-state index contributed by atoms with van der Waals surface area (Å²) < 4.78 is 37.1. The highest BCUT2D eigenvalue weighted by Gasteiger charge is 2.29. The zero-order valence-electron chi connectivity index (χ0n) is 17.7. The van der Waals surface area contributed by atoms with Gasteiger partial charge in [0.25, 0.3) is 5.91 Å². The van der Waals surface area contributed by atoms with Gasteiger partial charge in [0.2, 0.25) is 10.0 Å². The Hall–Kier alpha value is -2.17. The summed E-state index contributed by atoms with van der Waals surface area (Å²) in [5.74, 6) is -0.946. The first kappa shape index (κ1) is 22.5. The Morgan fingerprint density at radius 3 is 2.33 bits per heavy atom. The minimum atomic E-state index is -3.73. The van der Waals surface area contributed by atoms with Crippen LogP contribution in [0.1, 0.15) is 30.1 Å². The summed E-state index contributed by atoms with van der Waals surface area (Å²) in [5, 5.41) is 0. The number of sulfonamides is 1. The Balaban J connectivity index is 1.90. The molecule has 0 N–H and O–H groups in total. The zero-order chi connectivity index (χ0) is 21.9. The third-order valence-electron chi connectivity index (χ3n) is 5.37. The van der Waals surface area contributed by atoms with E-state index >= 15 is 0 Å². The maximum atomic E-state index is 13.0. The Labute approximate surface area is 177 Å². The summed E-state index contributed by atoms with van der Waals surface area (Å²) in [6, 6.07) is 4.43.